The molecular formula is C12H28N2O. The van der Waals surface area contributed by atoms with E-state index in [1.54, 1.807) is 0 Å². The molecule has 0 aliphatic heterocycles. The van der Waals surface area contributed by atoms with Crippen LogP contribution in [-0.2, 0) is 4.74 Å². The summed E-state index contributed by atoms with van der Waals surface area (Å²) >= 11 is 0. The summed E-state index contributed by atoms with van der Waals surface area (Å²) in [6.07, 6.45) is 1.49. The van der Waals surface area contributed by atoms with Crippen LogP contribution in [0.1, 0.15) is 34.1 Å². The summed E-state index contributed by atoms with van der Waals surface area (Å²) in [5.41, 5.74) is 0. The topological polar surface area (TPSA) is 24.5 Å². The maximum Gasteiger partial charge on any atom is 0.0596 e. The molecule has 92 valence electrons. The summed E-state index contributed by atoms with van der Waals surface area (Å²) in [6.45, 7) is 10.4. The Morgan fingerprint density at radius 3 is 2.27 bits per heavy atom. The average molecular weight is 216 g/mol. The van der Waals surface area contributed by atoms with E-state index in [4.69, 9.17) is 4.74 Å². The SMILES string of the molecule is CCC(NC)C(C)N(C)CCOC(C)C. The molecule has 0 aliphatic rings. The molecule has 0 radical (unpaired) electrons. The van der Waals surface area contributed by atoms with Gasteiger partial charge in [0.15, 0.2) is 0 Å². The largest absolute Gasteiger partial charge is 0.377 e. The number of hydrogen-bond acceptors (Lipinski definition) is 3. The molecule has 0 aliphatic carbocycles. The molecule has 0 aromatic carbocycles. The van der Waals surface area contributed by atoms with Gasteiger partial charge in [0.25, 0.3) is 0 Å². The first kappa shape index (κ1) is 14.9. The second-order valence-electron chi connectivity index (χ2n) is 4.44. The minimum absolute atomic E-state index is 0.333. The predicted octanol–water partition coefficient (Wildman–Crippen LogP) is 1.73. The minimum atomic E-state index is 0.333. The molecule has 0 aromatic heterocycles. The fraction of sp³-hybridized carbons (Fsp3) is 1.00. The predicted molar refractivity (Wildman–Crippen MR) is 66.3 cm³/mol. The Kier molecular flexibility index (Phi) is 8.02. The summed E-state index contributed by atoms with van der Waals surface area (Å²) in [5.74, 6) is 0. The van der Waals surface area contributed by atoms with Crippen LogP contribution in [0.25, 0.3) is 0 Å². The molecule has 0 saturated heterocycles. The van der Waals surface area contributed by atoms with Crippen molar-refractivity contribution < 1.29 is 4.74 Å². The van der Waals surface area contributed by atoms with E-state index in [9.17, 15) is 0 Å². The van der Waals surface area contributed by atoms with Crippen molar-refractivity contribution in [3.63, 3.8) is 0 Å². The molecule has 3 nitrogen and oxygen atoms in total. The number of hydrogen-bond donors (Lipinski definition) is 1. The van der Waals surface area contributed by atoms with Crippen molar-refractivity contribution in [3.8, 4) is 0 Å². The Morgan fingerprint density at radius 1 is 1.27 bits per heavy atom. The van der Waals surface area contributed by atoms with Crippen molar-refractivity contribution in [2.75, 3.05) is 27.2 Å². The van der Waals surface area contributed by atoms with Crippen LogP contribution in [-0.4, -0.2) is 50.3 Å². The van der Waals surface area contributed by atoms with Crippen LogP contribution < -0.4 is 5.32 Å². The third-order valence-corrected chi connectivity index (χ3v) is 2.98. The zero-order valence-corrected chi connectivity index (χ0v) is 11.2. The fourth-order valence-electron chi connectivity index (χ4n) is 1.73. The number of rotatable bonds is 8. The molecule has 3 heteroatoms. The van der Waals surface area contributed by atoms with E-state index >= 15 is 0 Å². The monoisotopic (exact) mass is 216 g/mol. The van der Waals surface area contributed by atoms with E-state index in [0.717, 1.165) is 19.6 Å². The van der Waals surface area contributed by atoms with Gasteiger partial charge < -0.3 is 10.1 Å². The molecule has 0 aromatic rings. The maximum atomic E-state index is 5.55. The third kappa shape index (κ3) is 6.13. The number of ether oxygens (including phenoxy) is 1. The van der Waals surface area contributed by atoms with E-state index < -0.39 is 0 Å². The van der Waals surface area contributed by atoms with Gasteiger partial charge in [0.2, 0.25) is 0 Å². The van der Waals surface area contributed by atoms with Crippen LogP contribution in [0, 0.1) is 0 Å². The highest BCUT2D eigenvalue weighted by Gasteiger charge is 2.17. The van der Waals surface area contributed by atoms with Gasteiger partial charge in [-0.15, -0.1) is 0 Å². The van der Waals surface area contributed by atoms with Crippen LogP contribution in [0.3, 0.4) is 0 Å². The minimum Gasteiger partial charge on any atom is -0.377 e. The van der Waals surface area contributed by atoms with Gasteiger partial charge in [0, 0.05) is 18.6 Å². The lowest BCUT2D eigenvalue weighted by atomic mass is 10.1. The van der Waals surface area contributed by atoms with E-state index in [0.29, 0.717) is 18.2 Å². The molecular weight excluding hydrogens is 188 g/mol. The van der Waals surface area contributed by atoms with Crippen molar-refractivity contribution in [1.82, 2.24) is 10.2 Å². The second-order valence-corrected chi connectivity index (χ2v) is 4.44. The summed E-state index contributed by atoms with van der Waals surface area (Å²) in [5, 5.41) is 3.35. The van der Waals surface area contributed by atoms with Gasteiger partial charge in [-0.1, -0.05) is 6.92 Å². The second kappa shape index (κ2) is 8.08. The Balaban J connectivity index is 3.81. The van der Waals surface area contributed by atoms with Crippen LogP contribution in [0.15, 0.2) is 0 Å². The summed E-state index contributed by atoms with van der Waals surface area (Å²) in [4.78, 5) is 2.35. The van der Waals surface area contributed by atoms with E-state index in [1.807, 2.05) is 7.05 Å². The summed E-state index contributed by atoms with van der Waals surface area (Å²) in [6, 6.07) is 1.12. The number of likely N-dealkylation sites (N-methyl/N-ethyl adjacent to an activating group) is 2. The zero-order valence-electron chi connectivity index (χ0n) is 11.2. The number of nitrogens with zero attached hydrogens (tertiary/aromatic N) is 1. The van der Waals surface area contributed by atoms with Gasteiger partial charge in [-0.25, -0.2) is 0 Å². The summed E-state index contributed by atoms with van der Waals surface area (Å²) < 4.78 is 5.55. The smallest absolute Gasteiger partial charge is 0.0596 e. The van der Waals surface area contributed by atoms with Gasteiger partial charge in [0.1, 0.15) is 0 Å². The molecule has 0 bridgehead atoms. The highest BCUT2D eigenvalue weighted by molar-refractivity contribution is 4.77. The first-order chi connectivity index (χ1) is 7.02. The highest BCUT2D eigenvalue weighted by Crippen LogP contribution is 2.05. The van der Waals surface area contributed by atoms with Gasteiger partial charge in [-0.3, -0.25) is 4.90 Å². The first-order valence-electron chi connectivity index (χ1n) is 6.02. The highest BCUT2D eigenvalue weighted by atomic mass is 16.5. The Labute approximate surface area is 95.2 Å². The number of nitrogens with one attached hydrogen (secondary N) is 1. The lowest BCUT2D eigenvalue weighted by Crippen LogP contribution is -2.46. The van der Waals surface area contributed by atoms with Crippen LogP contribution in [0.2, 0.25) is 0 Å². The van der Waals surface area contributed by atoms with Crippen molar-refractivity contribution in [3.05, 3.63) is 0 Å². The van der Waals surface area contributed by atoms with Gasteiger partial charge in [-0.05, 0) is 41.3 Å². The van der Waals surface area contributed by atoms with E-state index in [1.165, 1.54) is 0 Å². The molecule has 0 rings (SSSR count). The normalized spacial score (nSPS) is 16.0. The van der Waals surface area contributed by atoms with E-state index in [-0.39, 0.29) is 0 Å². The maximum absolute atomic E-state index is 5.55. The summed E-state index contributed by atoms with van der Waals surface area (Å²) in [7, 11) is 4.19. The lowest BCUT2D eigenvalue weighted by molar-refractivity contribution is 0.0536. The fourth-order valence-corrected chi connectivity index (χ4v) is 1.73. The van der Waals surface area contributed by atoms with Gasteiger partial charge in [-0.2, -0.15) is 0 Å². The molecule has 2 atom stereocenters. The Morgan fingerprint density at radius 2 is 1.87 bits per heavy atom. The Hall–Kier alpha value is -0.120. The molecule has 0 saturated carbocycles. The molecule has 0 amide bonds. The molecule has 0 fully saturated rings. The van der Waals surface area contributed by atoms with E-state index in [2.05, 4.69) is 45.0 Å². The Bertz CT molecular complexity index is 147. The van der Waals surface area contributed by atoms with Gasteiger partial charge >= 0.3 is 0 Å². The van der Waals surface area contributed by atoms with Crippen molar-refractivity contribution >= 4 is 0 Å². The lowest BCUT2D eigenvalue weighted by Gasteiger charge is -2.31. The van der Waals surface area contributed by atoms with Crippen LogP contribution in [0.4, 0.5) is 0 Å². The molecule has 1 N–H and O–H groups in total. The van der Waals surface area contributed by atoms with Gasteiger partial charge in [0.05, 0.1) is 12.7 Å². The zero-order chi connectivity index (χ0) is 11.8. The first-order valence-corrected chi connectivity index (χ1v) is 6.02. The van der Waals surface area contributed by atoms with Crippen LogP contribution in [0.5, 0.6) is 0 Å². The molecule has 15 heavy (non-hydrogen) atoms. The average Bonchev–Trinajstić information content (AvgIpc) is 2.18. The molecule has 2 unspecified atom stereocenters. The van der Waals surface area contributed by atoms with Crippen molar-refractivity contribution in [1.29, 1.82) is 0 Å². The quantitative estimate of drug-likeness (QED) is 0.669. The molecule has 0 heterocycles. The molecule has 0 spiro atoms. The van der Waals surface area contributed by atoms with Crippen LogP contribution >= 0.6 is 0 Å². The third-order valence-electron chi connectivity index (χ3n) is 2.98. The van der Waals surface area contributed by atoms with Crippen molar-refractivity contribution in [2.45, 2.75) is 52.3 Å². The van der Waals surface area contributed by atoms with Crippen molar-refractivity contribution in [2.24, 2.45) is 0 Å². The standard InChI is InChI=1S/C12H28N2O/c1-7-12(13-5)11(4)14(6)8-9-15-10(2)3/h10-13H,7-9H2,1-6H3.